The molecule has 0 bridgehead atoms. The first-order valence-electron chi connectivity index (χ1n) is 14.7. The summed E-state index contributed by atoms with van der Waals surface area (Å²) in [5, 5.41) is 5.46. The van der Waals surface area contributed by atoms with Crippen molar-refractivity contribution in [1.29, 1.82) is 0 Å². The van der Waals surface area contributed by atoms with Crippen molar-refractivity contribution in [3.63, 3.8) is 0 Å². The number of hydrogen-bond acceptors (Lipinski definition) is 6. The molecule has 1 aliphatic heterocycles. The van der Waals surface area contributed by atoms with Crippen molar-refractivity contribution < 1.29 is 24.0 Å². The molecule has 0 aromatic heterocycles. The van der Waals surface area contributed by atoms with Gasteiger partial charge in [0.1, 0.15) is 11.6 Å². The zero-order valence-electron chi connectivity index (χ0n) is 26.1. The molecular weight excluding hydrogens is 540 g/mol. The molecule has 1 aliphatic carbocycles. The molecule has 2 atom stereocenters. The van der Waals surface area contributed by atoms with Gasteiger partial charge in [-0.2, -0.15) is 0 Å². The van der Waals surface area contributed by atoms with E-state index >= 15 is 0 Å². The van der Waals surface area contributed by atoms with Gasteiger partial charge in [0.05, 0.1) is 6.54 Å². The number of carbonyl (C=O) groups is 5. The van der Waals surface area contributed by atoms with Gasteiger partial charge in [0.25, 0.3) is 11.8 Å². The van der Waals surface area contributed by atoms with Crippen molar-refractivity contribution in [3.05, 3.63) is 29.8 Å². The number of nitrogens with one attached hydrogen (secondary N) is 2. The van der Waals surface area contributed by atoms with Gasteiger partial charge in [0.2, 0.25) is 17.6 Å². The number of benzene rings is 1. The maximum Gasteiger partial charge on any atom is 0.287 e. The van der Waals surface area contributed by atoms with E-state index in [2.05, 4.69) is 38.3 Å². The van der Waals surface area contributed by atoms with E-state index in [1.165, 1.54) is 11.3 Å². The molecule has 1 heterocycles. The highest BCUT2D eigenvalue weighted by atomic mass is 32.2. The molecular formula is C31H50N4O5S. The zero-order valence-corrected chi connectivity index (χ0v) is 26.9. The van der Waals surface area contributed by atoms with Crippen LogP contribution < -0.4 is 16.4 Å². The summed E-state index contributed by atoms with van der Waals surface area (Å²) in [7, 11) is 0. The molecule has 1 saturated carbocycles. The van der Waals surface area contributed by atoms with Crippen LogP contribution in [0.2, 0.25) is 0 Å². The van der Waals surface area contributed by atoms with Gasteiger partial charge < -0.3 is 21.3 Å². The summed E-state index contributed by atoms with van der Waals surface area (Å²) in [6, 6.07) is 6.26. The fourth-order valence-corrected chi connectivity index (χ4v) is 5.40. The van der Waals surface area contributed by atoms with E-state index in [0.29, 0.717) is 44.2 Å². The monoisotopic (exact) mass is 590 g/mol. The Bertz CT molecular complexity index is 1050. The number of nitrogens with zero attached hydrogens (tertiary/aromatic N) is 1. The second-order valence-corrected chi connectivity index (χ2v) is 12.3. The third kappa shape index (κ3) is 10.2. The zero-order chi connectivity index (χ0) is 31.4. The summed E-state index contributed by atoms with van der Waals surface area (Å²) < 4.78 is 0. The molecule has 1 aromatic carbocycles. The average molecular weight is 591 g/mol. The van der Waals surface area contributed by atoms with E-state index in [4.69, 9.17) is 5.73 Å². The van der Waals surface area contributed by atoms with Gasteiger partial charge in [-0.3, -0.25) is 24.0 Å². The van der Waals surface area contributed by atoms with Crippen LogP contribution in [0.15, 0.2) is 29.2 Å². The predicted octanol–water partition coefficient (Wildman–Crippen LogP) is 4.33. The molecule has 10 heteroatoms. The van der Waals surface area contributed by atoms with E-state index in [0.717, 1.165) is 4.90 Å². The second kappa shape index (κ2) is 16.5. The third-order valence-electron chi connectivity index (χ3n) is 7.36. The van der Waals surface area contributed by atoms with Gasteiger partial charge in [0.15, 0.2) is 0 Å². The molecule has 3 rings (SSSR count). The minimum atomic E-state index is -1.35. The fourth-order valence-electron chi connectivity index (χ4n) is 4.99. The Hall–Kier alpha value is -2.88. The predicted molar refractivity (Wildman–Crippen MR) is 164 cm³/mol. The van der Waals surface area contributed by atoms with Gasteiger partial charge in [-0.05, 0) is 74.0 Å². The van der Waals surface area contributed by atoms with Gasteiger partial charge in [-0.1, -0.05) is 54.9 Å². The first-order chi connectivity index (χ1) is 19.3. The van der Waals surface area contributed by atoms with Crippen LogP contribution in [-0.4, -0.2) is 65.2 Å². The number of carbonyl (C=O) groups excluding carboxylic acids is 5. The summed E-state index contributed by atoms with van der Waals surface area (Å²) in [4.78, 5) is 66.0. The lowest BCUT2D eigenvalue weighted by atomic mass is 9.67. The van der Waals surface area contributed by atoms with Gasteiger partial charge in [0, 0.05) is 17.0 Å². The van der Waals surface area contributed by atoms with E-state index < -0.39 is 29.2 Å². The second-order valence-electron chi connectivity index (χ2n) is 11.5. The summed E-state index contributed by atoms with van der Waals surface area (Å²) in [6.07, 6.45) is 5.55. The molecule has 2 fully saturated rings. The largest absolute Gasteiger partial charge is 0.363 e. The quantitative estimate of drug-likeness (QED) is 0.304. The molecule has 2 unspecified atom stereocenters. The van der Waals surface area contributed by atoms with Crippen LogP contribution in [0.3, 0.4) is 0 Å². The number of hydrogen-bond donors (Lipinski definition) is 3. The normalized spacial score (nSPS) is 20.3. The number of rotatable bonds is 8. The maximum absolute atomic E-state index is 13.4. The Morgan fingerprint density at radius 2 is 1.54 bits per heavy atom. The van der Waals surface area contributed by atoms with E-state index in [9.17, 15) is 24.0 Å². The van der Waals surface area contributed by atoms with Crippen molar-refractivity contribution in [1.82, 2.24) is 15.5 Å². The van der Waals surface area contributed by atoms with Crippen LogP contribution in [-0.2, 0) is 19.2 Å². The van der Waals surface area contributed by atoms with Crippen LogP contribution in [0.4, 0.5) is 0 Å². The van der Waals surface area contributed by atoms with Crippen LogP contribution in [0.1, 0.15) is 97.3 Å². The molecule has 9 nitrogen and oxygen atoms in total. The third-order valence-corrected chi connectivity index (χ3v) is 8.11. The molecule has 4 amide bonds. The van der Waals surface area contributed by atoms with Crippen molar-refractivity contribution in [2.45, 2.75) is 103 Å². The molecule has 1 saturated heterocycles. The Balaban J connectivity index is 0.00000157. The lowest BCUT2D eigenvalue weighted by Gasteiger charge is -2.43. The van der Waals surface area contributed by atoms with Crippen molar-refractivity contribution in [2.24, 2.45) is 17.1 Å². The van der Waals surface area contributed by atoms with E-state index in [-0.39, 0.29) is 29.7 Å². The topological polar surface area (TPSA) is 139 Å². The molecule has 2 aliphatic rings. The molecule has 0 spiro atoms. The van der Waals surface area contributed by atoms with Crippen molar-refractivity contribution >= 4 is 41.2 Å². The van der Waals surface area contributed by atoms with Crippen LogP contribution >= 0.6 is 11.8 Å². The smallest absolute Gasteiger partial charge is 0.287 e. The minimum absolute atomic E-state index is 0.00999. The first kappa shape index (κ1) is 36.1. The van der Waals surface area contributed by atoms with Gasteiger partial charge in [-0.15, -0.1) is 11.8 Å². The Labute approximate surface area is 250 Å². The maximum atomic E-state index is 13.4. The number of primary amides is 1. The van der Waals surface area contributed by atoms with Crippen LogP contribution in [0.25, 0.3) is 0 Å². The number of Topliss-reactive ketones (excluding diaryl/α,β-unsaturated/α-hetero) is 1. The highest BCUT2D eigenvalue weighted by molar-refractivity contribution is 7.98. The van der Waals surface area contributed by atoms with Crippen LogP contribution in [0, 0.1) is 11.3 Å². The van der Waals surface area contributed by atoms with Crippen molar-refractivity contribution in [3.8, 4) is 0 Å². The summed E-state index contributed by atoms with van der Waals surface area (Å²) >= 11 is 1.57. The number of amides is 4. The molecule has 41 heavy (non-hydrogen) atoms. The SMILES string of the molecule is CC.CCC.CSc1ccc(C(=O)NCC(=O)N2CC(C)CC2C(=O)NC2(C(=O)C(N)=O)CCC(C)(C)CC2)cc1. The van der Waals surface area contributed by atoms with Gasteiger partial charge >= 0.3 is 0 Å². The molecule has 1 aromatic rings. The Kier molecular flexibility index (Phi) is 14.6. The fraction of sp³-hybridized carbons (Fsp3) is 0.645. The molecule has 4 N–H and O–H groups in total. The number of likely N-dealkylation sites (tertiary alicyclic amines) is 1. The number of thioether (sulfide) groups is 1. The summed E-state index contributed by atoms with van der Waals surface area (Å²) in [6.45, 7) is 14.5. The Morgan fingerprint density at radius 3 is 2.02 bits per heavy atom. The molecule has 0 radical (unpaired) electrons. The highest BCUT2D eigenvalue weighted by Crippen LogP contribution is 2.41. The minimum Gasteiger partial charge on any atom is -0.363 e. The van der Waals surface area contributed by atoms with E-state index in [1.54, 1.807) is 23.9 Å². The lowest BCUT2D eigenvalue weighted by molar-refractivity contribution is -0.145. The van der Waals surface area contributed by atoms with Crippen LogP contribution in [0.5, 0.6) is 0 Å². The number of nitrogens with two attached hydrogens (primary N) is 1. The van der Waals surface area contributed by atoms with Gasteiger partial charge in [-0.25, -0.2) is 0 Å². The lowest BCUT2D eigenvalue weighted by Crippen LogP contribution is -2.63. The first-order valence-corrected chi connectivity index (χ1v) is 15.9. The average Bonchev–Trinajstić information content (AvgIpc) is 3.36. The summed E-state index contributed by atoms with van der Waals surface area (Å²) in [5.74, 6) is -3.03. The summed E-state index contributed by atoms with van der Waals surface area (Å²) in [5.41, 5.74) is 4.41. The standard InChI is InChI=1S/C26H36N4O5S.C3H8.C2H6/c1-16-13-19(24(35)29-26(21(32)22(27)33)11-9-25(2,3)10-12-26)30(15-16)20(31)14-28-23(34)17-5-7-18(36-4)8-6-17;1-3-2;1-2/h5-8,16,19H,9-15H2,1-4H3,(H2,27,33)(H,28,34)(H,29,35);3H2,1-2H3;1-2H3. The molecule has 230 valence electrons. The number of ketones is 1. The highest BCUT2D eigenvalue weighted by Gasteiger charge is 2.49. The Morgan fingerprint density at radius 1 is 1.00 bits per heavy atom. The van der Waals surface area contributed by atoms with Crippen molar-refractivity contribution in [2.75, 3.05) is 19.3 Å². The van der Waals surface area contributed by atoms with E-state index in [1.807, 2.05) is 39.2 Å².